The van der Waals surface area contributed by atoms with Crippen molar-refractivity contribution in [2.24, 2.45) is 0 Å². The van der Waals surface area contributed by atoms with E-state index >= 15 is 0 Å². The fourth-order valence-corrected chi connectivity index (χ4v) is 3.08. The Bertz CT molecular complexity index is 745. The van der Waals surface area contributed by atoms with Crippen molar-refractivity contribution in [2.45, 2.75) is 66.7 Å². The molecule has 1 aromatic heterocycles. The average molecular weight is 342 g/mol. The fraction of sp³-hybridized carbons (Fsp3) is 0.524. The quantitative estimate of drug-likeness (QED) is 0.712. The summed E-state index contributed by atoms with van der Waals surface area (Å²) in [5, 5.41) is 4.44. The molecule has 0 radical (unpaired) electrons. The molecule has 0 aliphatic heterocycles. The maximum absolute atomic E-state index is 12.6. The van der Waals surface area contributed by atoms with E-state index < -0.39 is 0 Å². The lowest BCUT2D eigenvalue weighted by molar-refractivity contribution is 0.0817. The smallest absolute Gasteiger partial charge is 0.284 e. The first-order valence-corrected chi connectivity index (χ1v) is 9.16. The topological polar surface area (TPSA) is 44.1 Å². The molecule has 0 fully saturated rings. The number of carbonyl (C=O) groups is 1. The molecule has 0 aliphatic rings. The van der Waals surface area contributed by atoms with Crippen molar-refractivity contribution >= 4 is 5.91 Å². The highest BCUT2D eigenvalue weighted by Gasteiger charge is 2.17. The van der Waals surface area contributed by atoms with Gasteiger partial charge in [-0.15, -0.1) is 0 Å². The van der Waals surface area contributed by atoms with Gasteiger partial charge < -0.3 is 4.74 Å². The maximum Gasteiger partial charge on any atom is 0.284 e. The van der Waals surface area contributed by atoms with Crippen molar-refractivity contribution < 1.29 is 9.53 Å². The fourth-order valence-electron chi connectivity index (χ4n) is 3.08. The lowest BCUT2D eigenvalue weighted by atomic mass is 10.0. The van der Waals surface area contributed by atoms with Crippen LogP contribution in [0.15, 0.2) is 18.2 Å². The number of aromatic nitrogens is 2. The largest absolute Gasteiger partial charge is 0.483 e. The van der Waals surface area contributed by atoms with E-state index in [1.54, 1.807) is 0 Å². The van der Waals surface area contributed by atoms with Crippen LogP contribution in [0.25, 0.3) is 0 Å². The summed E-state index contributed by atoms with van der Waals surface area (Å²) in [5.41, 5.74) is 5.31. The van der Waals surface area contributed by atoms with Crippen molar-refractivity contribution in [2.75, 3.05) is 6.61 Å². The van der Waals surface area contributed by atoms with Crippen LogP contribution in [0.5, 0.6) is 5.75 Å². The van der Waals surface area contributed by atoms with Crippen molar-refractivity contribution in [1.29, 1.82) is 0 Å². The highest BCUT2D eigenvalue weighted by atomic mass is 16.5. The number of unbranched alkanes of at least 4 members (excludes halogenated alkanes) is 1. The van der Waals surface area contributed by atoms with Crippen LogP contribution in [0, 0.1) is 20.8 Å². The predicted molar refractivity (Wildman–Crippen MR) is 102 cm³/mol. The van der Waals surface area contributed by atoms with Crippen LogP contribution in [-0.4, -0.2) is 22.3 Å². The highest BCUT2D eigenvalue weighted by molar-refractivity contribution is 5.80. The second-order valence-electron chi connectivity index (χ2n) is 7.04. The summed E-state index contributed by atoms with van der Waals surface area (Å²) in [6.07, 6.45) is 3.21. The van der Waals surface area contributed by atoms with Gasteiger partial charge in [0, 0.05) is 5.69 Å². The average Bonchev–Trinajstić information content (AvgIpc) is 2.85. The van der Waals surface area contributed by atoms with Gasteiger partial charge in [-0.3, -0.25) is 4.79 Å². The minimum Gasteiger partial charge on any atom is -0.483 e. The van der Waals surface area contributed by atoms with E-state index in [0.717, 1.165) is 47.5 Å². The molecule has 25 heavy (non-hydrogen) atoms. The second-order valence-corrected chi connectivity index (χ2v) is 7.04. The first kappa shape index (κ1) is 19.2. The van der Waals surface area contributed by atoms with Crippen molar-refractivity contribution in [3.8, 4) is 5.75 Å². The second kappa shape index (κ2) is 8.32. The van der Waals surface area contributed by atoms with Gasteiger partial charge in [-0.2, -0.15) is 5.10 Å². The predicted octanol–water partition coefficient (Wildman–Crippen LogP) is 4.99. The van der Waals surface area contributed by atoms with Gasteiger partial charge in [0.15, 0.2) is 6.61 Å². The monoisotopic (exact) mass is 342 g/mol. The molecule has 0 amide bonds. The number of hydrogen-bond donors (Lipinski definition) is 0. The molecule has 0 unspecified atom stereocenters. The van der Waals surface area contributed by atoms with E-state index in [0.29, 0.717) is 5.92 Å². The lowest BCUT2D eigenvalue weighted by Gasteiger charge is -2.14. The molecule has 0 saturated heterocycles. The Kier molecular flexibility index (Phi) is 6.40. The third kappa shape index (κ3) is 4.50. The van der Waals surface area contributed by atoms with Gasteiger partial charge in [-0.1, -0.05) is 39.3 Å². The number of hydrogen-bond acceptors (Lipinski definition) is 3. The third-order valence-corrected chi connectivity index (χ3v) is 4.60. The third-order valence-electron chi connectivity index (χ3n) is 4.60. The van der Waals surface area contributed by atoms with Gasteiger partial charge in [0.05, 0.1) is 5.69 Å². The summed E-state index contributed by atoms with van der Waals surface area (Å²) in [5.74, 6) is 1.01. The molecule has 0 saturated carbocycles. The summed E-state index contributed by atoms with van der Waals surface area (Å²) in [4.78, 5) is 12.6. The van der Waals surface area contributed by atoms with Crippen LogP contribution < -0.4 is 4.74 Å². The highest BCUT2D eigenvalue weighted by Crippen LogP contribution is 2.27. The molecule has 2 aromatic rings. The summed E-state index contributed by atoms with van der Waals surface area (Å²) in [6, 6.07) is 6.15. The van der Waals surface area contributed by atoms with Crippen molar-refractivity contribution in [1.82, 2.24) is 9.78 Å². The van der Waals surface area contributed by atoms with E-state index in [1.807, 2.05) is 26.8 Å². The zero-order chi connectivity index (χ0) is 18.6. The summed E-state index contributed by atoms with van der Waals surface area (Å²) >= 11 is 0. The molecule has 0 atom stereocenters. The Balaban J connectivity index is 2.15. The van der Waals surface area contributed by atoms with E-state index in [1.165, 1.54) is 10.2 Å². The zero-order valence-corrected chi connectivity index (χ0v) is 16.3. The van der Waals surface area contributed by atoms with Crippen LogP contribution in [0.4, 0.5) is 0 Å². The number of benzene rings is 1. The molecule has 136 valence electrons. The van der Waals surface area contributed by atoms with E-state index in [-0.39, 0.29) is 12.5 Å². The first-order valence-electron chi connectivity index (χ1n) is 9.16. The Hall–Kier alpha value is -2.10. The minimum atomic E-state index is -0.125. The number of carbonyl (C=O) groups excluding carboxylic acids is 1. The Morgan fingerprint density at radius 1 is 1.24 bits per heavy atom. The minimum absolute atomic E-state index is 0.00164. The molecule has 0 bridgehead atoms. The molecular formula is C21H30N2O2. The van der Waals surface area contributed by atoms with Gasteiger partial charge in [-0.25, -0.2) is 4.68 Å². The molecule has 1 heterocycles. The molecule has 4 heteroatoms. The van der Waals surface area contributed by atoms with Crippen LogP contribution in [0.2, 0.25) is 0 Å². The molecule has 1 aromatic carbocycles. The lowest BCUT2D eigenvalue weighted by Crippen LogP contribution is -2.22. The van der Waals surface area contributed by atoms with Gasteiger partial charge in [0.1, 0.15) is 5.75 Å². The molecule has 0 N–H and O–H groups in total. The van der Waals surface area contributed by atoms with E-state index in [9.17, 15) is 4.79 Å². The van der Waals surface area contributed by atoms with Gasteiger partial charge >= 0.3 is 0 Å². The van der Waals surface area contributed by atoms with Crippen molar-refractivity contribution in [3.05, 3.63) is 46.3 Å². The SMILES string of the molecule is CCCCc1c(C)nn(C(=O)COc2cc(C)ccc2C(C)C)c1C. The normalized spacial score (nSPS) is 11.2. The van der Waals surface area contributed by atoms with Crippen molar-refractivity contribution in [3.63, 3.8) is 0 Å². The van der Waals surface area contributed by atoms with Gasteiger partial charge in [0.25, 0.3) is 5.91 Å². The van der Waals surface area contributed by atoms with E-state index in [2.05, 4.69) is 38.0 Å². The number of ether oxygens (including phenoxy) is 1. The Labute approximate surface area is 151 Å². The molecular weight excluding hydrogens is 312 g/mol. The number of rotatable bonds is 7. The summed E-state index contributed by atoms with van der Waals surface area (Å²) < 4.78 is 7.38. The van der Waals surface area contributed by atoms with Crippen LogP contribution in [-0.2, 0) is 6.42 Å². The molecule has 2 rings (SSSR count). The van der Waals surface area contributed by atoms with Gasteiger partial charge in [-0.05, 0) is 62.3 Å². The Morgan fingerprint density at radius 2 is 1.96 bits per heavy atom. The Morgan fingerprint density at radius 3 is 2.60 bits per heavy atom. The summed E-state index contributed by atoms with van der Waals surface area (Å²) in [7, 11) is 0. The van der Waals surface area contributed by atoms with Gasteiger partial charge in [0.2, 0.25) is 0 Å². The maximum atomic E-state index is 12.6. The van der Waals surface area contributed by atoms with Crippen LogP contribution in [0.1, 0.15) is 72.4 Å². The standard InChI is InChI=1S/C21H30N2O2/c1-7-8-9-19-16(5)22-23(17(19)6)21(24)13-25-20-12-15(4)10-11-18(20)14(2)3/h10-12,14H,7-9,13H2,1-6H3. The molecule has 0 spiro atoms. The number of aryl methyl sites for hydroxylation is 2. The van der Waals surface area contributed by atoms with Crippen LogP contribution >= 0.6 is 0 Å². The molecule has 0 aliphatic carbocycles. The summed E-state index contributed by atoms with van der Waals surface area (Å²) in [6.45, 7) is 12.4. The van der Waals surface area contributed by atoms with E-state index in [4.69, 9.17) is 4.74 Å². The zero-order valence-electron chi connectivity index (χ0n) is 16.3. The molecule has 4 nitrogen and oxygen atoms in total. The number of nitrogens with zero attached hydrogens (tertiary/aromatic N) is 2. The first-order chi connectivity index (χ1) is 11.8. The van der Waals surface area contributed by atoms with Crippen LogP contribution in [0.3, 0.4) is 0 Å².